The molecule has 73 heavy (non-hydrogen) atoms. The van der Waals surface area contributed by atoms with Gasteiger partial charge >= 0.3 is 0 Å². The van der Waals surface area contributed by atoms with Crippen LogP contribution in [0.3, 0.4) is 0 Å². The van der Waals surface area contributed by atoms with Crippen molar-refractivity contribution in [3.05, 3.63) is 218 Å². The van der Waals surface area contributed by atoms with Crippen LogP contribution in [0.25, 0.3) is 110 Å². The highest BCUT2D eigenvalue weighted by Gasteiger charge is 2.23. The van der Waals surface area contributed by atoms with Gasteiger partial charge in [-0.15, -0.1) is 0 Å². The third-order valence-electron chi connectivity index (χ3n) is 15.0. The Labute approximate surface area is 422 Å². The van der Waals surface area contributed by atoms with Crippen molar-refractivity contribution in [2.24, 2.45) is 0 Å². The lowest BCUT2D eigenvalue weighted by molar-refractivity contribution is 0.484. The van der Waals surface area contributed by atoms with Crippen molar-refractivity contribution in [2.75, 3.05) is 0 Å². The van der Waals surface area contributed by atoms with E-state index in [1.807, 2.05) is 12.4 Å². The molecule has 0 radical (unpaired) electrons. The predicted molar refractivity (Wildman–Crippen MR) is 303 cm³/mol. The molecule has 14 aromatic rings. The lowest BCUT2D eigenvalue weighted by atomic mass is 9.88. The normalized spacial score (nSPS) is 12.5. The number of rotatable bonds is 6. The lowest BCUT2D eigenvalue weighted by Crippen LogP contribution is -2.12. The first-order valence-electron chi connectivity index (χ1n) is 25.2. The molecule has 0 aliphatic heterocycles. The lowest BCUT2D eigenvalue weighted by Gasteiger charge is -2.20. The average molecular weight is 945 g/mol. The van der Waals surface area contributed by atoms with Gasteiger partial charge in [0.15, 0.2) is 0 Å². The van der Waals surface area contributed by atoms with Gasteiger partial charge in [-0.25, -0.2) is 9.97 Å². The summed E-state index contributed by atoms with van der Waals surface area (Å²) in [5, 5.41) is 9.47. The SMILES string of the molecule is CC(C)(C)c1ccnc(-n2c3ccc(-n4c5ccccc5c5ccccc54)cc3c3ccc(Oc4ccc5c6cc(-n7c8ccccc8c8ccccc87)ccc6n(-c6cc(C(C)(C)C)ccn6)c5c4)cc32)c1. The Morgan fingerprint density at radius 1 is 0.301 bits per heavy atom. The monoisotopic (exact) mass is 944 g/mol. The molecular formula is C66H52N6O. The fourth-order valence-electron chi connectivity index (χ4n) is 11.4. The Hall–Kier alpha value is -8.94. The largest absolute Gasteiger partial charge is 0.457 e. The molecular weight excluding hydrogens is 893 g/mol. The van der Waals surface area contributed by atoms with Gasteiger partial charge in [-0.1, -0.05) is 114 Å². The van der Waals surface area contributed by atoms with E-state index in [0.717, 1.165) is 78.1 Å². The van der Waals surface area contributed by atoms with Crippen LogP contribution in [0.2, 0.25) is 0 Å². The highest BCUT2D eigenvalue weighted by Crippen LogP contribution is 2.42. The second-order valence-corrected chi connectivity index (χ2v) is 21.6. The number of benzene rings is 8. The number of para-hydroxylation sites is 4. The summed E-state index contributed by atoms with van der Waals surface area (Å²) in [5.74, 6) is 3.19. The van der Waals surface area contributed by atoms with Gasteiger partial charge in [0.1, 0.15) is 23.1 Å². The Morgan fingerprint density at radius 2 is 0.644 bits per heavy atom. The number of pyridine rings is 2. The van der Waals surface area contributed by atoms with Gasteiger partial charge in [0.2, 0.25) is 0 Å². The second kappa shape index (κ2) is 15.8. The van der Waals surface area contributed by atoms with Crippen LogP contribution in [-0.4, -0.2) is 28.2 Å². The maximum Gasteiger partial charge on any atom is 0.137 e. The highest BCUT2D eigenvalue weighted by atomic mass is 16.5. The maximum atomic E-state index is 7.01. The molecule has 0 saturated heterocycles. The Balaban J connectivity index is 0.944. The highest BCUT2D eigenvalue weighted by molar-refractivity contribution is 6.14. The van der Waals surface area contributed by atoms with Crippen LogP contribution in [-0.2, 0) is 10.8 Å². The van der Waals surface area contributed by atoms with Gasteiger partial charge in [-0.3, -0.25) is 9.13 Å². The van der Waals surface area contributed by atoms with Crippen molar-refractivity contribution in [1.82, 2.24) is 28.2 Å². The quantitative estimate of drug-likeness (QED) is 0.167. The summed E-state index contributed by atoms with van der Waals surface area (Å²) in [4.78, 5) is 10.1. The summed E-state index contributed by atoms with van der Waals surface area (Å²) < 4.78 is 16.4. The number of hydrogen-bond acceptors (Lipinski definition) is 3. The molecule has 0 bridgehead atoms. The molecule has 0 unspecified atom stereocenters. The summed E-state index contributed by atoms with van der Waals surface area (Å²) in [5.41, 5.74) is 13.4. The van der Waals surface area contributed by atoms with E-state index in [1.54, 1.807) is 0 Å². The molecule has 8 aromatic carbocycles. The van der Waals surface area contributed by atoms with E-state index in [2.05, 4.69) is 254 Å². The Kier molecular flexibility index (Phi) is 9.27. The van der Waals surface area contributed by atoms with E-state index >= 15 is 0 Å². The topological polar surface area (TPSA) is 54.7 Å². The molecule has 0 N–H and O–H groups in total. The van der Waals surface area contributed by atoms with Crippen LogP contribution in [0.4, 0.5) is 0 Å². The van der Waals surface area contributed by atoms with Gasteiger partial charge < -0.3 is 13.9 Å². The smallest absolute Gasteiger partial charge is 0.137 e. The molecule has 0 spiro atoms. The van der Waals surface area contributed by atoms with E-state index in [4.69, 9.17) is 14.7 Å². The minimum absolute atomic E-state index is 0.0638. The zero-order valence-electron chi connectivity index (χ0n) is 41.7. The average Bonchev–Trinajstić information content (AvgIpc) is 4.12. The molecule has 0 saturated carbocycles. The van der Waals surface area contributed by atoms with Gasteiger partial charge in [0.05, 0.1) is 44.1 Å². The van der Waals surface area contributed by atoms with Crippen molar-refractivity contribution in [3.63, 3.8) is 0 Å². The minimum atomic E-state index is -0.0638. The summed E-state index contributed by atoms with van der Waals surface area (Å²) >= 11 is 0. The molecule has 0 fully saturated rings. The van der Waals surface area contributed by atoms with Crippen LogP contribution >= 0.6 is 0 Å². The molecule has 6 heterocycles. The van der Waals surface area contributed by atoms with Crippen LogP contribution in [0.15, 0.2) is 207 Å². The standard InChI is InChI=1S/C66H52N6O/c1-65(2,3)41-31-33-67-63(35-41)71-59-29-23-43(69-55-19-11-7-15-47(55)48-16-8-12-20-56(48)69)37-53(59)51-27-25-45(39-61(51)71)73-46-26-28-52-54-38-44(70-57-21-13-9-17-49(57)50-18-10-14-22-58(50)70)24-30-60(54)72(62(52)40-46)64-36-42(32-34-68-64)66(4,5)6/h7-40H,1-6H3. The third-order valence-corrected chi connectivity index (χ3v) is 15.0. The van der Waals surface area contributed by atoms with E-state index in [1.165, 1.54) is 54.7 Å². The molecule has 14 rings (SSSR count). The van der Waals surface area contributed by atoms with Gasteiger partial charge in [0, 0.05) is 79.0 Å². The summed E-state index contributed by atoms with van der Waals surface area (Å²) in [6, 6.07) is 70.1. The van der Waals surface area contributed by atoms with Gasteiger partial charge in [-0.05, 0) is 131 Å². The first-order chi connectivity index (χ1) is 35.5. The summed E-state index contributed by atoms with van der Waals surface area (Å²) in [6.07, 6.45) is 3.87. The molecule has 7 nitrogen and oxygen atoms in total. The fraction of sp³-hybridized carbons (Fsp3) is 0.121. The van der Waals surface area contributed by atoms with Gasteiger partial charge in [-0.2, -0.15) is 0 Å². The van der Waals surface area contributed by atoms with Crippen molar-refractivity contribution in [1.29, 1.82) is 0 Å². The van der Waals surface area contributed by atoms with E-state index in [-0.39, 0.29) is 10.8 Å². The second-order valence-electron chi connectivity index (χ2n) is 21.6. The number of aromatic nitrogens is 6. The summed E-state index contributed by atoms with van der Waals surface area (Å²) in [7, 11) is 0. The van der Waals surface area contributed by atoms with Gasteiger partial charge in [0.25, 0.3) is 0 Å². The maximum absolute atomic E-state index is 7.01. The number of fused-ring (bicyclic) bond motifs is 12. The summed E-state index contributed by atoms with van der Waals surface area (Å²) in [6.45, 7) is 13.5. The number of ether oxygens (including phenoxy) is 1. The molecule has 0 aliphatic carbocycles. The molecule has 0 aliphatic rings. The first-order valence-corrected chi connectivity index (χ1v) is 25.2. The molecule has 6 aromatic heterocycles. The minimum Gasteiger partial charge on any atom is -0.457 e. The molecule has 352 valence electrons. The van der Waals surface area contributed by atoms with Crippen molar-refractivity contribution < 1.29 is 4.74 Å². The van der Waals surface area contributed by atoms with E-state index in [0.29, 0.717) is 0 Å². The van der Waals surface area contributed by atoms with Crippen molar-refractivity contribution >= 4 is 87.2 Å². The predicted octanol–water partition coefficient (Wildman–Crippen LogP) is 17.3. The van der Waals surface area contributed by atoms with Crippen molar-refractivity contribution in [3.8, 4) is 34.5 Å². The zero-order chi connectivity index (χ0) is 49.3. The third kappa shape index (κ3) is 6.72. The molecule has 0 atom stereocenters. The van der Waals surface area contributed by atoms with Crippen LogP contribution in [0, 0.1) is 0 Å². The molecule has 7 heteroatoms. The van der Waals surface area contributed by atoms with Crippen LogP contribution in [0.1, 0.15) is 52.7 Å². The van der Waals surface area contributed by atoms with E-state index < -0.39 is 0 Å². The first kappa shape index (κ1) is 42.9. The number of nitrogens with zero attached hydrogens (tertiary/aromatic N) is 6. The molecule has 0 amide bonds. The fourth-order valence-corrected chi connectivity index (χ4v) is 11.4. The van der Waals surface area contributed by atoms with Crippen LogP contribution < -0.4 is 4.74 Å². The Bertz CT molecular complexity index is 4170. The van der Waals surface area contributed by atoms with Crippen molar-refractivity contribution in [2.45, 2.75) is 52.4 Å². The van der Waals surface area contributed by atoms with Crippen LogP contribution in [0.5, 0.6) is 11.5 Å². The Morgan fingerprint density at radius 3 is 1.01 bits per heavy atom. The number of hydrogen-bond donors (Lipinski definition) is 0. The zero-order valence-corrected chi connectivity index (χ0v) is 41.7. The van der Waals surface area contributed by atoms with E-state index in [9.17, 15) is 0 Å².